The van der Waals surface area contributed by atoms with Crippen LogP contribution >= 0.6 is 23.2 Å². The Kier molecular flexibility index (Phi) is 8.86. The summed E-state index contributed by atoms with van der Waals surface area (Å²) < 4.78 is 50.0. The second kappa shape index (κ2) is 11.9. The van der Waals surface area contributed by atoms with Crippen molar-refractivity contribution in [2.24, 2.45) is 10.1 Å². The molecule has 0 aliphatic carbocycles. The lowest BCUT2D eigenvalue weighted by atomic mass is 10.0. The minimum Gasteiger partial charge on any atom is -0.495 e. The van der Waals surface area contributed by atoms with Gasteiger partial charge in [-0.3, -0.25) is 0 Å². The summed E-state index contributed by atoms with van der Waals surface area (Å²) in [5, 5.41) is 20.7. The number of nitrogens with zero attached hydrogens (tertiary/aromatic N) is 4. The number of ether oxygens (including phenoxy) is 2. The lowest BCUT2D eigenvalue weighted by Crippen LogP contribution is -2.44. The average molecular weight is 555 g/mol. The van der Waals surface area contributed by atoms with Crippen molar-refractivity contribution in [1.29, 1.82) is 5.26 Å². The Bertz CT molecular complexity index is 1290. The highest BCUT2D eigenvalue weighted by atomic mass is 35.5. The molecule has 1 heterocycles. The SMILES string of the molecule is C=CCOC(=O)NC1CN(/C(=N\C#N)Nc2cc(C(F)(F)F)ccc2OC)N=C1c1ccc(Cl)c(Cl)c1. The molecule has 2 aromatic carbocycles. The molecule has 1 aliphatic rings. The van der Waals surface area contributed by atoms with E-state index in [-0.39, 0.29) is 35.6 Å². The number of guanidine groups is 1. The third-order valence-electron chi connectivity index (χ3n) is 4.93. The van der Waals surface area contributed by atoms with E-state index in [1.165, 1.54) is 30.3 Å². The van der Waals surface area contributed by atoms with Crippen molar-refractivity contribution in [1.82, 2.24) is 10.3 Å². The number of aliphatic imine (C=N–C) groups is 1. The Labute approximate surface area is 219 Å². The third kappa shape index (κ3) is 6.84. The van der Waals surface area contributed by atoms with Gasteiger partial charge >= 0.3 is 12.3 Å². The summed E-state index contributed by atoms with van der Waals surface area (Å²) in [7, 11) is 1.28. The Morgan fingerprint density at radius 3 is 2.70 bits per heavy atom. The van der Waals surface area contributed by atoms with Crippen molar-refractivity contribution in [3.05, 3.63) is 70.2 Å². The molecule has 1 amide bonds. The number of carbonyl (C=O) groups excluding carboxylic acids is 1. The Morgan fingerprint density at radius 1 is 1.32 bits per heavy atom. The van der Waals surface area contributed by atoms with E-state index in [9.17, 15) is 23.2 Å². The van der Waals surface area contributed by atoms with Crippen LogP contribution in [0.2, 0.25) is 10.0 Å². The van der Waals surface area contributed by atoms with Gasteiger partial charge in [-0.25, -0.2) is 9.80 Å². The number of methoxy groups -OCH3 is 1. The minimum absolute atomic E-state index is 0.0421. The lowest BCUT2D eigenvalue weighted by Gasteiger charge is -2.20. The van der Waals surface area contributed by atoms with Gasteiger partial charge in [0.05, 0.1) is 46.7 Å². The van der Waals surface area contributed by atoms with Gasteiger partial charge in [0.1, 0.15) is 12.4 Å². The highest BCUT2D eigenvalue weighted by Gasteiger charge is 2.34. The maximum atomic E-state index is 13.3. The predicted octanol–water partition coefficient (Wildman–Crippen LogP) is 5.27. The normalized spacial score (nSPS) is 15.5. The molecule has 0 aromatic heterocycles. The fourth-order valence-electron chi connectivity index (χ4n) is 3.28. The molecule has 0 saturated heterocycles. The summed E-state index contributed by atoms with van der Waals surface area (Å²) in [6.07, 6.45) is -2.42. The quantitative estimate of drug-likeness (QED) is 0.218. The van der Waals surface area contributed by atoms with Crippen LogP contribution in [0.5, 0.6) is 5.75 Å². The van der Waals surface area contributed by atoms with Crippen LogP contribution in [0.25, 0.3) is 0 Å². The smallest absolute Gasteiger partial charge is 0.416 e. The van der Waals surface area contributed by atoms with Crippen molar-refractivity contribution in [3.8, 4) is 11.9 Å². The van der Waals surface area contributed by atoms with Crippen molar-refractivity contribution >= 4 is 46.7 Å². The molecule has 1 unspecified atom stereocenters. The number of hydrazone groups is 1. The molecule has 37 heavy (non-hydrogen) atoms. The number of nitrogens with one attached hydrogen (secondary N) is 2. The molecule has 3 rings (SSSR count). The first kappa shape index (κ1) is 27.6. The zero-order valence-electron chi connectivity index (χ0n) is 19.1. The van der Waals surface area contributed by atoms with Crippen molar-refractivity contribution in [2.75, 3.05) is 25.6 Å². The van der Waals surface area contributed by atoms with E-state index in [0.717, 1.165) is 18.2 Å². The van der Waals surface area contributed by atoms with E-state index in [1.54, 1.807) is 12.3 Å². The molecular formula is C23H19Cl2F3N6O3. The summed E-state index contributed by atoms with van der Waals surface area (Å²) in [5.41, 5.74) is -0.270. The van der Waals surface area contributed by atoms with Crippen LogP contribution in [0.3, 0.4) is 0 Å². The molecule has 14 heteroatoms. The number of alkyl carbamates (subject to hydrolysis) is 1. The van der Waals surface area contributed by atoms with Crippen LogP contribution in [0.1, 0.15) is 11.1 Å². The Balaban J connectivity index is 1.99. The van der Waals surface area contributed by atoms with Gasteiger partial charge in [0.15, 0.2) is 0 Å². The highest BCUT2D eigenvalue weighted by Crippen LogP contribution is 2.35. The number of amides is 1. The fraction of sp³-hybridized carbons (Fsp3) is 0.217. The first-order chi connectivity index (χ1) is 17.6. The molecule has 194 valence electrons. The van der Waals surface area contributed by atoms with E-state index in [1.807, 2.05) is 0 Å². The average Bonchev–Trinajstić information content (AvgIpc) is 3.27. The first-order valence-electron chi connectivity index (χ1n) is 10.4. The van der Waals surface area contributed by atoms with E-state index < -0.39 is 23.9 Å². The van der Waals surface area contributed by atoms with Gasteiger partial charge in [0.2, 0.25) is 12.2 Å². The number of hydrogen-bond donors (Lipinski definition) is 2. The van der Waals surface area contributed by atoms with Crippen molar-refractivity contribution in [2.45, 2.75) is 12.2 Å². The Morgan fingerprint density at radius 2 is 2.08 bits per heavy atom. The molecule has 2 aromatic rings. The predicted molar refractivity (Wildman–Crippen MR) is 133 cm³/mol. The second-order valence-electron chi connectivity index (χ2n) is 7.35. The van der Waals surface area contributed by atoms with E-state index in [2.05, 4.69) is 27.3 Å². The molecular weight excluding hydrogens is 536 g/mol. The number of anilines is 1. The maximum Gasteiger partial charge on any atom is 0.416 e. The molecule has 2 N–H and O–H groups in total. The van der Waals surface area contributed by atoms with Crippen LogP contribution in [0, 0.1) is 11.5 Å². The number of carbonyl (C=O) groups is 1. The number of alkyl halides is 3. The van der Waals surface area contributed by atoms with Gasteiger partial charge in [-0.05, 0) is 30.3 Å². The van der Waals surface area contributed by atoms with Gasteiger partial charge in [0, 0.05) is 5.56 Å². The van der Waals surface area contributed by atoms with E-state index in [4.69, 9.17) is 32.7 Å². The summed E-state index contributed by atoms with van der Waals surface area (Å²) in [6.45, 7) is 3.37. The lowest BCUT2D eigenvalue weighted by molar-refractivity contribution is -0.137. The molecule has 1 aliphatic heterocycles. The van der Waals surface area contributed by atoms with Crippen LogP contribution in [-0.4, -0.2) is 49.1 Å². The summed E-state index contributed by atoms with van der Waals surface area (Å²) in [6, 6.07) is 6.69. The first-order valence-corrected chi connectivity index (χ1v) is 11.2. The third-order valence-corrected chi connectivity index (χ3v) is 5.67. The largest absolute Gasteiger partial charge is 0.495 e. The molecule has 1 atom stereocenters. The fourth-order valence-corrected chi connectivity index (χ4v) is 3.58. The molecule has 0 radical (unpaired) electrons. The number of benzene rings is 2. The zero-order chi connectivity index (χ0) is 27.2. The van der Waals surface area contributed by atoms with Crippen LogP contribution < -0.4 is 15.4 Å². The van der Waals surface area contributed by atoms with Crippen LogP contribution in [-0.2, 0) is 10.9 Å². The summed E-state index contributed by atoms with van der Waals surface area (Å²) in [5.74, 6) is -0.157. The van der Waals surface area contributed by atoms with Gasteiger partial charge in [-0.1, -0.05) is 41.9 Å². The highest BCUT2D eigenvalue weighted by molar-refractivity contribution is 6.42. The standard InChI is InChI=1S/C23H19Cl2F3N6O3/c1-3-8-37-22(35)32-18-11-34(33-20(18)13-4-6-15(24)16(25)9-13)21(30-12-29)31-17-10-14(23(26,27)28)5-7-19(17)36-2/h3-7,9-10,18H,1,8,11H2,2H3,(H,30,31)(H,32,35). The minimum atomic E-state index is -4.62. The van der Waals surface area contributed by atoms with Gasteiger partial charge in [-0.15, -0.1) is 4.99 Å². The number of hydrogen-bond acceptors (Lipinski definition) is 6. The van der Waals surface area contributed by atoms with Gasteiger partial charge < -0.3 is 20.1 Å². The monoisotopic (exact) mass is 554 g/mol. The molecule has 0 bridgehead atoms. The maximum absolute atomic E-state index is 13.3. The molecule has 0 spiro atoms. The second-order valence-corrected chi connectivity index (χ2v) is 8.17. The number of nitriles is 1. The van der Waals surface area contributed by atoms with E-state index >= 15 is 0 Å². The number of rotatable bonds is 6. The molecule has 0 saturated carbocycles. The topological polar surface area (TPSA) is 111 Å². The Hall–Kier alpha value is -3.95. The zero-order valence-corrected chi connectivity index (χ0v) is 20.7. The van der Waals surface area contributed by atoms with Gasteiger partial charge in [0.25, 0.3) is 0 Å². The summed E-state index contributed by atoms with van der Waals surface area (Å²) in [4.78, 5) is 15.9. The van der Waals surface area contributed by atoms with Gasteiger partial charge in [-0.2, -0.15) is 23.5 Å². The molecule has 0 fully saturated rings. The summed E-state index contributed by atoms with van der Waals surface area (Å²) >= 11 is 12.2. The van der Waals surface area contributed by atoms with Crippen molar-refractivity contribution < 1.29 is 27.4 Å². The van der Waals surface area contributed by atoms with Crippen molar-refractivity contribution in [3.63, 3.8) is 0 Å². The van der Waals surface area contributed by atoms with E-state index in [0.29, 0.717) is 16.3 Å². The van der Waals surface area contributed by atoms with Crippen LogP contribution in [0.4, 0.5) is 23.7 Å². The molecule has 9 nitrogen and oxygen atoms in total. The van der Waals surface area contributed by atoms with Crippen LogP contribution in [0.15, 0.2) is 59.1 Å². The number of halogens is 5.